The standard InChI is InChI=1S/C21H34N2O3S/c1-5-6-10-23(19-9-12-27(25,26)15-19)11-7-8-20(24)22-21-17(3)13-16(2)14-18(21)4/h13-14,19H,5-12,15H2,1-4H3,(H,22,24). The summed E-state index contributed by atoms with van der Waals surface area (Å²) >= 11 is 0. The maximum Gasteiger partial charge on any atom is 0.224 e. The summed E-state index contributed by atoms with van der Waals surface area (Å²) < 4.78 is 23.6. The van der Waals surface area contributed by atoms with Gasteiger partial charge in [0, 0.05) is 18.2 Å². The first kappa shape index (κ1) is 21.9. The molecule has 1 aromatic rings. The minimum Gasteiger partial charge on any atom is -0.326 e. The van der Waals surface area contributed by atoms with Gasteiger partial charge in [0.2, 0.25) is 5.91 Å². The smallest absolute Gasteiger partial charge is 0.224 e. The van der Waals surface area contributed by atoms with Crippen molar-refractivity contribution in [3.8, 4) is 0 Å². The molecule has 0 aromatic heterocycles. The molecular formula is C21H34N2O3S. The Bertz CT molecular complexity index is 736. The van der Waals surface area contributed by atoms with E-state index in [-0.39, 0.29) is 17.7 Å². The minimum absolute atomic E-state index is 0.0274. The first-order valence-electron chi connectivity index (χ1n) is 10.0. The lowest BCUT2D eigenvalue weighted by Crippen LogP contribution is -2.38. The van der Waals surface area contributed by atoms with E-state index in [4.69, 9.17) is 0 Å². The van der Waals surface area contributed by atoms with Crippen LogP contribution in [0.15, 0.2) is 12.1 Å². The Hall–Kier alpha value is -1.40. The zero-order valence-corrected chi connectivity index (χ0v) is 18.0. The maximum absolute atomic E-state index is 12.4. The molecule has 5 nitrogen and oxygen atoms in total. The number of aryl methyl sites for hydroxylation is 3. The molecule has 1 aliphatic rings. The van der Waals surface area contributed by atoms with Crippen LogP contribution in [0.4, 0.5) is 5.69 Å². The Morgan fingerprint density at radius 3 is 2.33 bits per heavy atom. The number of benzene rings is 1. The predicted octanol–water partition coefficient (Wildman–Crippen LogP) is 3.62. The van der Waals surface area contributed by atoms with Gasteiger partial charge >= 0.3 is 0 Å². The van der Waals surface area contributed by atoms with E-state index in [1.165, 1.54) is 5.56 Å². The number of amides is 1. The number of carbonyl (C=O) groups is 1. The Labute approximate surface area is 164 Å². The fourth-order valence-corrected chi connectivity index (χ4v) is 5.68. The summed E-state index contributed by atoms with van der Waals surface area (Å²) in [6.07, 6.45) is 4.07. The van der Waals surface area contributed by atoms with Crippen molar-refractivity contribution in [3.05, 3.63) is 28.8 Å². The van der Waals surface area contributed by atoms with Crippen LogP contribution >= 0.6 is 0 Å². The monoisotopic (exact) mass is 394 g/mol. The highest BCUT2D eigenvalue weighted by molar-refractivity contribution is 7.91. The zero-order valence-electron chi connectivity index (χ0n) is 17.2. The van der Waals surface area contributed by atoms with Crippen molar-refractivity contribution in [3.63, 3.8) is 0 Å². The Kier molecular flexibility index (Phi) is 7.86. The fraction of sp³-hybridized carbons (Fsp3) is 0.667. The molecule has 1 aliphatic heterocycles. The molecule has 1 aromatic carbocycles. The van der Waals surface area contributed by atoms with Crippen molar-refractivity contribution >= 4 is 21.4 Å². The van der Waals surface area contributed by atoms with Gasteiger partial charge in [-0.05, 0) is 64.3 Å². The summed E-state index contributed by atoms with van der Waals surface area (Å²) in [5, 5.41) is 3.05. The minimum atomic E-state index is -2.88. The summed E-state index contributed by atoms with van der Waals surface area (Å²) in [7, 11) is -2.88. The van der Waals surface area contributed by atoms with Crippen LogP contribution in [0.5, 0.6) is 0 Å². The molecule has 1 N–H and O–H groups in total. The van der Waals surface area contributed by atoms with Crippen LogP contribution in [0.1, 0.15) is 55.7 Å². The molecular weight excluding hydrogens is 360 g/mol. The SMILES string of the molecule is CCCCN(CCCC(=O)Nc1c(C)cc(C)cc1C)C1CCS(=O)(=O)C1. The van der Waals surface area contributed by atoms with Crippen molar-refractivity contribution in [2.75, 3.05) is 29.9 Å². The summed E-state index contributed by atoms with van der Waals surface area (Å²) in [4.78, 5) is 14.7. The van der Waals surface area contributed by atoms with Gasteiger partial charge in [0.1, 0.15) is 0 Å². The second-order valence-corrected chi connectivity index (χ2v) is 10.1. The second kappa shape index (κ2) is 9.69. The molecule has 0 radical (unpaired) electrons. The average Bonchev–Trinajstić information content (AvgIpc) is 2.94. The van der Waals surface area contributed by atoms with E-state index in [2.05, 4.69) is 36.2 Å². The number of nitrogens with one attached hydrogen (secondary N) is 1. The highest BCUT2D eigenvalue weighted by Crippen LogP contribution is 2.22. The molecule has 2 rings (SSSR count). The number of rotatable bonds is 9. The second-order valence-electron chi connectivity index (χ2n) is 7.87. The highest BCUT2D eigenvalue weighted by Gasteiger charge is 2.31. The van der Waals surface area contributed by atoms with E-state index in [9.17, 15) is 13.2 Å². The molecule has 1 heterocycles. The molecule has 1 atom stereocenters. The molecule has 152 valence electrons. The van der Waals surface area contributed by atoms with Crippen molar-refractivity contribution in [1.29, 1.82) is 0 Å². The van der Waals surface area contributed by atoms with E-state index in [1.807, 2.05) is 13.8 Å². The number of nitrogens with zero attached hydrogens (tertiary/aromatic N) is 1. The number of carbonyl (C=O) groups excluding carboxylic acids is 1. The van der Waals surface area contributed by atoms with Crippen LogP contribution in [0, 0.1) is 20.8 Å². The van der Waals surface area contributed by atoms with Gasteiger partial charge in [0.25, 0.3) is 0 Å². The number of unbranched alkanes of at least 4 members (excludes halogenated alkanes) is 1. The fourth-order valence-electron chi connectivity index (χ4n) is 3.92. The van der Waals surface area contributed by atoms with Crippen LogP contribution < -0.4 is 5.32 Å². The molecule has 0 aliphatic carbocycles. The molecule has 0 bridgehead atoms. The summed E-state index contributed by atoms with van der Waals surface area (Å²) in [6.45, 7) is 9.92. The van der Waals surface area contributed by atoms with E-state index in [0.717, 1.165) is 55.6 Å². The van der Waals surface area contributed by atoms with Crippen LogP contribution in [0.25, 0.3) is 0 Å². The van der Waals surface area contributed by atoms with E-state index in [0.29, 0.717) is 12.2 Å². The number of sulfone groups is 1. The lowest BCUT2D eigenvalue weighted by Gasteiger charge is -2.27. The third-order valence-electron chi connectivity index (χ3n) is 5.31. The third-order valence-corrected chi connectivity index (χ3v) is 7.06. The summed E-state index contributed by atoms with van der Waals surface area (Å²) in [5.74, 6) is 0.594. The van der Waals surface area contributed by atoms with Crippen molar-refractivity contribution in [2.24, 2.45) is 0 Å². The molecule has 1 fully saturated rings. The van der Waals surface area contributed by atoms with Gasteiger partial charge in [-0.1, -0.05) is 31.0 Å². The highest BCUT2D eigenvalue weighted by atomic mass is 32.2. The Balaban J connectivity index is 1.87. The third kappa shape index (κ3) is 6.61. The maximum atomic E-state index is 12.4. The van der Waals surface area contributed by atoms with Gasteiger partial charge in [0.05, 0.1) is 11.5 Å². The Morgan fingerprint density at radius 1 is 1.15 bits per heavy atom. The van der Waals surface area contributed by atoms with Crippen molar-refractivity contribution in [2.45, 2.75) is 65.8 Å². The lowest BCUT2D eigenvalue weighted by atomic mass is 10.0. The first-order chi connectivity index (χ1) is 12.7. The van der Waals surface area contributed by atoms with E-state index < -0.39 is 9.84 Å². The van der Waals surface area contributed by atoms with Gasteiger partial charge in [-0.2, -0.15) is 0 Å². The summed E-state index contributed by atoms with van der Waals surface area (Å²) in [6, 6.07) is 4.27. The summed E-state index contributed by atoms with van der Waals surface area (Å²) in [5.41, 5.74) is 4.28. The quantitative estimate of drug-likeness (QED) is 0.695. The molecule has 0 spiro atoms. The van der Waals surface area contributed by atoms with Gasteiger partial charge < -0.3 is 5.32 Å². The average molecular weight is 395 g/mol. The van der Waals surface area contributed by atoms with Crippen molar-refractivity contribution < 1.29 is 13.2 Å². The Morgan fingerprint density at radius 2 is 1.78 bits per heavy atom. The van der Waals surface area contributed by atoms with Crippen LogP contribution in [0.3, 0.4) is 0 Å². The van der Waals surface area contributed by atoms with Crippen LogP contribution in [-0.4, -0.2) is 49.9 Å². The zero-order chi connectivity index (χ0) is 20.0. The number of anilines is 1. The van der Waals surface area contributed by atoms with Gasteiger partial charge in [0.15, 0.2) is 9.84 Å². The van der Waals surface area contributed by atoms with Crippen LogP contribution in [-0.2, 0) is 14.6 Å². The van der Waals surface area contributed by atoms with Crippen LogP contribution in [0.2, 0.25) is 0 Å². The molecule has 27 heavy (non-hydrogen) atoms. The molecule has 1 unspecified atom stereocenters. The number of hydrogen-bond acceptors (Lipinski definition) is 4. The first-order valence-corrected chi connectivity index (χ1v) is 11.9. The van der Waals surface area contributed by atoms with Gasteiger partial charge in [-0.15, -0.1) is 0 Å². The van der Waals surface area contributed by atoms with Gasteiger partial charge in [-0.25, -0.2) is 8.42 Å². The largest absolute Gasteiger partial charge is 0.326 e. The van der Waals surface area contributed by atoms with Crippen molar-refractivity contribution in [1.82, 2.24) is 4.90 Å². The van der Waals surface area contributed by atoms with E-state index >= 15 is 0 Å². The topological polar surface area (TPSA) is 66.5 Å². The lowest BCUT2D eigenvalue weighted by molar-refractivity contribution is -0.116. The molecule has 0 saturated carbocycles. The molecule has 1 amide bonds. The normalized spacial score (nSPS) is 18.8. The molecule has 1 saturated heterocycles. The molecule has 6 heteroatoms. The van der Waals surface area contributed by atoms with E-state index in [1.54, 1.807) is 0 Å². The van der Waals surface area contributed by atoms with Gasteiger partial charge in [-0.3, -0.25) is 9.69 Å². The predicted molar refractivity (Wildman–Crippen MR) is 112 cm³/mol. The number of hydrogen-bond donors (Lipinski definition) is 1.